The highest BCUT2D eigenvalue weighted by molar-refractivity contribution is 7.98. The van der Waals surface area contributed by atoms with E-state index in [1.165, 1.54) is 6.08 Å². The van der Waals surface area contributed by atoms with Gasteiger partial charge in [-0.25, -0.2) is 8.42 Å². The van der Waals surface area contributed by atoms with Gasteiger partial charge in [0.15, 0.2) is 0 Å². The fraction of sp³-hybridized carbons (Fsp3) is 0.0909. The van der Waals surface area contributed by atoms with Gasteiger partial charge in [-0.3, -0.25) is 10.3 Å². The number of hydrogen-bond acceptors (Lipinski definition) is 4. The van der Waals surface area contributed by atoms with Crippen molar-refractivity contribution in [3.8, 4) is 0 Å². The number of sulfone groups is 1. The van der Waals surface area contributed by atoms with Crippen LogP contribution in [-0.4, -0.2) is 14.5 Å². The first-order valence-corrected chi connectivity index (χ1v) is 7.33. The maximum Gasteiger partial charge on any atom is 0.200 e. The smallest absolute Gasteiger partial charge is 0.200 e. The predicted octanol–water partition coefficient (Wildman–Crippen LogP) is 2.51. The van der Waals surface area contributed by atoms with Crippen molar-refractivity contribution in [1.29, 1.82) is 0 Å². The second-order valence-corrected chi connectivity index (χ2v) is 6.59. The number of halogens is 2. The molecule has 0 radical (unpaired) electrons. The molecule has 0 aliphatic carbocycles. The van der Waals surface area contributed by atoms with E-state index in [0.29, 0.717) is 21.3 Å². The maximum absolute atomic E-state index is 11.9. The van der Waals surface area contributed by atoms with Gasteiger partial charge in [0.05, 0.1) is 5.70 Å². The van der Waals surface area contributed by atoms with Crippen molar-refractivity contribution in [2.24, 2.45) is 0 Å². The Hall–Kier alpha value is -1.01. The first-order valence-electron chi connectivity index (χ1n) is 5.03. The summed E-state index contributed by atoms with van der Waals surface area (Å²) in [5.41, 5.74) is 3.58. The SMILES string of the molecule is O=S1(=O)C=CC2ONC(c3cc(Cl)cc(Cl)c3)=C21. The molecule has 0 bridgehead atoms. The molecular formula is C11H7Cl2NO3S. The van der Waals surface area contributed by atoms with Gasteiger partial charge >= 0.3 is 0 Å². The van der Waals surface area contributed by atoms with Crippen LogP contribution >= 0.6 is 23.2 Å². The number of rotatable bonds is 1. The summed E-state index contributed by atoms with van der Waals surface area (Å²) < 4.78 is 23.7. The quantitative estimate of drug-likeness (QED) is 0.866. The van der Waals surface area contributed by atoms with Crippen molar-refractivity contribution >= 4 is 38.7 Å². The molecule has 3 rings (SSSR count). The molecule has 1 atom stereocenters. The molecule has 4 nitrogen and oxygen atoms in total. The Balaban J connectivity index is 2.21. The van der Waals surface area contributed by atoms with Crippen LogP contribution < -0.4 is 5.48 Å². The molecule has 0 fully saturated rings. The lowest BCUT2D eigenvalue weighted by atomic mass is 10.1. The molecule has 1 unspecified atom stereocenters. The minimum absolute atomic E-state index is 0.195. The zero-order valence-electron chi connectivity index (χ0n) is 8.85. The molecule has 94 valence electrons. The van der Waals surface area contributed by atoms with Gasteiger partial charge in [-0.2, -0.15) is 0 Å². The number of fused-ring (bicyclic) bond motifs is 1. The van der Waals surface area contributed by atoms with Gasteiger partial charge in [0.2, 0.25) is 9.84 Å². The van der Waals surface area contributed by atoms with Crippen LogP contribution in [0.3, 0.4) is 0 Å². The third kappa shape index (κ3) is 1.83. The van der Waals surface area contributed by atoms with E-state index in [-0.39, 0.29) is 4.91 Å². The molecule has 0 saturated heterocycles. The minimum Gasteiger partial charge on any atom is -0.264 e. The van der Waals surface area contributed by atoms with Gasteiger partial charge in [-0.1, -0.05) is 23.2 Å². The molecule has 1 N–H and O–H groups in total. The zero-order valence-corrected chi connectivity index (χ0v) is 11.2. The number of hydrogen-bond donors (Lipinski definition) is 1. The fourth-order valence-electron chi connectivity index (χ4n) is 1.95. The highest BCUT2D eigenvalue weighted by Gasteiger charge is 2.38. The van der Waals surface area contributed by atoms with E-state index in [9.17, 15) is 8.42 Å². The van der Waals surface area contributed by atoms with Crippen molar-refractivity contribution in [3.63, 3.8) is 0 Å². The third-order valence-corrected chi connectivity index (χ3v) is 4.68. The van der Waals surface area contributed by atoms with Gasteiger partial charge < -0.3 is 0 Å². The first kappa shape index (κ1) is 12.0. The number of nitrogens with one attached hydrogen (secondary N) is 1. The maximum atomic E-state index is 11.9. The average molecular weight is 304 g/mol. The lowest BCUT2D eigenvalue weighted by molar-refractivity contribution is 0.0777. The Morgan fingerprint density at radius 1 is 1.17 bits per heavy atom. The van der Waals surface area contributed by atoms with E-state index in [2.05, 4.69) is 5.48 Å². The van der Waals surface area contributed by atoms with Crippen LogP contribution in [0.5, 0.6) is 0 Å². The Labute approximate surface area is 114 Å². The number of hydroxylamine groups is 1. The number of benzene rings is 1. The van der Waals surface area contributed by atoms with Gasteiger partial charge in [-0.15, -0.1) is 0 Å². The molecule has 0 saturated carbocycles. The predicted molar refractivity (Wildman–Crippen MR) is 69.5 cm³/mol. The van der Waals surface area contributed by atoms with Crippen LogP contribution in [0.2, 0.25) is 10.0 Å². The van der Waals surface area contributed by atoms with Gasteiger partial charge in [0.1, 0.15) is 11.0 Å². The normalized spacial score (nSPS) is 24.2. The van der Waals surface area contributed by atoms with E-state index in [1.807, 2.05) is 0 Å². The molecule has 2 heterocycles. The van der Waals surface area contributed by atoms with E-state index >= 15 is 0 Å². The summed E-state index contributed by atoms with van der Waals surface area (Å²) >= 11 is 11.8. The highest BCUT2D eigenvalue weighted by Crippen LogP contribution is 2.36. The summed E-state index contributed by atoms with van der Waals surface area (Å²) in [5, 5.41) is 2.00. The molecule has 0 amide bonds. The average Bonchev–Trinajstić information content (AvgIpc) is 2.79. The third-order valence-electron chi connectivity index (χ3n) is 2.68. The molecule has 1 aromatic rings. The summed E-state index contributed by atoms with van der Waals surface area (Å²) in [4.78, 5) is 5.38. The van der Waals surface area contributed by atoms with Crippen LogP contribution in [-0.2, 0) is 14.7 Å². The molecule has 1 aromatic carbocycles. The van der Waals surface area contributed by atoms with E-state index in [4.69, 9.17) is 28.0 Å². The van der Waals surface area contributed by atoms with Crippen LogP contribution in [0.25, 0.3) is 5.70 Å². The minimum atomic E-state index is -3.42. The lowest BCUT2D eigenvalue weighted by Gasteiger charge is -2.06. The van der Waals surface area contributed by atoms with Gasteiger partial charge in [0, 0.05) is 21.0 Å². The van der Waals surface area contributed by atoms with E-state index in [0.717, 1.165) is 5.41 Å². The van der Waals surface area contributed by atoms with Gasteiger partial charge in [0.25, 0.3) is 0 Å². The Kier molecular flexibility index (Phi) is 2.67. The summed E-state index contributed by atoms with van der Waals surface area (Å²) in [6.45, 7) is 0. The van der Waals surface area contributed by atoms with Gasteiger partial charge in [-0.05, 0) is 24.3 Å². The van der Waals surface area contributed by atoms with Crippen molar-refractivity contribution in [1.82, 2.24) is 5.48 Å². The van der Waals surface area contributed by atoms with Crippen molar-refractivity contribution in [2.75, 3.05) is 0 Å². The van der Waals surface area contributed by atoms with Crippen LogP contribution in [0.15, 0.2) is 34.6 Å². The molecule has 0 aromatic heterocycles. The largest absolute Gasteiger partial charge is 0.264 e. The fourth-order valence-corrected chi connectivity index (χ4v) is 3.86. The zero-order chi connectivity index (χ0) is 12.9. The lowest BCUT2D eigenvalue weighted by Crippen LogP contribution is -2.09. The molecule has 7 heteroatoms. The van der Waals surface area contributed by atoms with Crippen LogP contribution in [0.1, 0.15) is 5.56 Å². The Morgan fingerprint density at radius 3 is 2.50 bits per heavy atom. The summed E-state index contributed by atoms with van der Waals surface area (Å²) in [5.74, 6) is 0. The standard InChI is InChI=1S/C11H7Cl2NO3S/c12-7-3-6(4-8(13)5-7)10-11-9(17-14-10)1-2-18(11,15)16/h1-5,9,14H. The molecule has 2 aliphatic heterocycles. The molecule has 2 aliphatic rings. The summed E-state index contributed by atoms with van der Waals surface area (Å²) in [6.07, 6.45) is 0.902. The molecule has 18 heavy (non-hydrogen) atoms. The second-order valence-electron chi connectivity index (χ2n) is 3.91. The Bertz CT molecular complexity index is 674. The molecule has 0 spiro atoms. The highest BCUT2D eigenvalue weighted by atomic mass is 35.5. The van der Waals surface area contributed by atoms with Crippen molar-refractivity contribution < 1.29 is 13.3 Å². The second kappa shape index (κ2) is 3.99. The summed E-state index contributed by atoms with van der Waals surface area (Å²) in [6, 6.07) is 4.83. The van der Waals surface area contributed by atoms with Crippen LogP contribution in [0.4, 0.5) is 0 Å². The topological polar surface area (TPSA) is 55.4 Å². The van der Waals surface area contributed by atoms with Crippen molar-refractivity contribution in [2.45, 2.75) is 6.10 Å². The van der Waals surface area contributed by atoms with E-state index < -0.39 is 15.9 Å². The first-order chi connectivity index (χ1) is 8.47. The molecular weight excluding hydrogens is 297 g/mol. The van der Waals surface area contributed by atoms with Crippen LogP contribution in [0, 0.1) is 0 Å². The Morgan fingerprint density at radius 2 is 1.83 bits per heavy atom. The summed E-state index contributed by atoms with van der Waals surface area (Å²) in [7, 11) is -3.42. The van der Waals surface area contributed by atoms with Crippen molar-refractivity contribution in [3.05, 3.63) is 50.2 Å². The monoisotopic (exact) mass is 303 g/mol. The van der Waals surface area contributed by atoms with E-state index in [1.54, 1.807) is 18.2 Å².